The summed E-state index contributed by atoms with van der Waals surface area (Å²) in [5.41, 5.74) is 5.04. The van der Waals surface area contributed by atoms with Crippen LogP contribution in [0.15, 0.2) is 79.4 Å². The summed E-state index contributed by atoms with van der Waals surface area (Å²) in [5.74, 6) is 1.88. The molecule has 2 aromatic carbocycles. The maximum atomic E-state index is 13.5. The molecule has 12 nitrogen and oxygen atoms in total. The normalized spacial score (nSPS) is 15.8. The van der Waals surface area contributed by atoms with Crippen LogP contribution in [0, 0.1) is 0 Å². The molecule has 1 aliphatic rings. The molecule has 3 atom stereocenters. The van der Waals surface area contributed by atoms with E-state index in [1.54, 1.807) is 42.7 Å². The average Bonchev–Trinajstić information content (AvgIpc) is 3.89. The topological polar surface area (TPSA) is 154 Å². The number of nitrogens with one attached hydrogen (secondary N) is 4. The third kappa shape index (κ3) is 6.46. The van der Waals surface area contributed by atoms with E-state index in [2.05, 4.69) is 40.5 Å². The molecule has 0 unspecified atom stereocenters. The third-order valence-corrected chi connectivity index (χ3v) is 8.15. The Labute approximate surface area is 260 Å². The van der Waals surface area contributed by atoms with Crippen LogP contribution in [0.2, 0.25) is 0 Å². The van der Waals surface area contributed by atoms with E-state index in [0.717, 1.165) is 53.3 Å². The lowest BCUT2D eigenvalue weighted by atomic mass is 10.1. The largest absolute Gasteiger partial charge is 0.453 e. The summed E-state index contributed by atoms with van der Waals surface area (Å²) in [6, 6.07) is 15.9. The number of imidazole rings is 2. The Morgan fingerprint density at radius 3 is 2.27 bits per heavy atom. The van der Waals surface area contributed by atoms with Crippen LogP contribution < -0.4 is 10.6 Å². The summed E-state index contributed by atoms with van der Waals surface area (Å²) in [4.78, 5) is 52.1. The van der Waals surface area contributed by atoms with Crippen LogP contribution in [0.5, 0.6) is 0 Å². The van der Waals surface area contributed by atoms with Crippen LogP contribution in [0.1, 0.15) is 55.1 Å². The fraction of sp³-hybridized carbons (Fsp3) is 0.273. The van der Waals surface area contributed by atoms with Gasteiger partial charge in [0, 0.05) is 30.6 Å². The van der Waals surface area contributed by atoms with Gasteiger partial charge in [-0.2, -0.15) is 0 Å². The number of carbonyl (C=O) groups excluding carboxylic acids is 2. The van der Waals surface area contributed by atoms with E-state index in [-0.39, 0.29) is 11.9 Å². The van der Waals surface area contributed by atoms with Crippen LogP contribution >= 0.6 is 0 Å². The zero-order valence-electron chi connectivity index (χ0n) is 25.3. The van der Waals surface area contributed by atoms with Gasteiger partial charge in [-0.05, 0) is 37.4 Å². The molecule has 0 radical (unpaired) electrons. The smallest absolute Gasteiger partial charge is 0.407 e. The lowest BCUT2D eigenvalue weighted by Gasteiger charge is -2.28. The lowest BCUT2D eigenvalue weighted by Crippen LogP contribution is -2.42. The summed E-state index contributed by atoms with van der Waals surface area (Å²) < 4.78 is 4.75. The number of aromatic nitrogens is 6. The summed E-state index contributed by atoms with van der Waals surface area (Å²) >= 11 is 0. The molecular formula is C33H35N9O3. The van der Waals surface area contributed by atoms with E-state index in [1.165, 1.54) is 7.11 Å². The maximum Gasteiger partial charge on any atom is 0.407 e. The molecule has 6 rings (SSSR count). The number of rotatable bonds is 9. The maximum absolute atomic E-state index is 13.5. The monoisotopic (exact) mass is 605 g/mol. The van der Waals surface area contributed by atoms with Gasteiger partial charge in [0.1, 0.15) is 17.7 Å². The van der Waals surface area contributed by atoms with Crippen molar-refractivity contribution in [3.8, 4) is 33.9 Å². The van der Waals surface area contributed by atoms with Gasteiger partial charge in [-0.3, -0.25) is 4.79 Å². The van der Waals surface area contributed by atoms with Gasteiger partial charge in [0.15, 0.2) is 5.82 Å². The van der Waals surface area contributed by atoms with Crippen molar-refractivity contribution in [3.63, 3.8) is 0 Å². The second-order valence-corrected chi connectivity index (χ2v) is 11.0. The number of nitrogens with zero attached hydrogens (tertiary/aromatic N) is 5. The molecule has 0 aliphatic carbocycles. The quantitative estimate of drug-likeness (QED) is 0.184. The minimum absolute atomic E-state index is 0.275. The number of likely N-dealkylation sites (N-methyl/N-ethyl adjacent to an activating group) is 1. The molecule has 4 N–H and O–H groups in total. The zero-order valence-corrected chi connectivity index (χ0v) is 25.3. The number of methoxy groups -OCH3 is 1. The SMILES string of the molecule is COC(=O)N[C@@H](C(=O)N(C)[C@@H](C)c1ncc(-c2ccc(-c3ncc(-c4cnc([C@H]5CCCN5)[nH]4)cn3)cc2)[nH]1)c1ccccc1. The fourth-order valence-electron chi connectivity index (χ4n) is 5.38. The first-order valence-electron chi connectivity index (χ1n) is 14.8. The van der Waals surface area contributed by atoms with Crippen LogP contribution in [0.3, 0.4) is 0 Å². The van der Waals surface area contributed by atoms with Crippen molar-refractivity contribution in [1.82, 2.24) is 45.4 Å². The molecular weight excluding hydrogens is 570 g/mol. The van der Waals surface area contributed by atoms with Gasteiger partial charge >= 0.3 is 6.09 Å². The molecule has 0 saturated carbocycles. The van der Waals surface area contributed by atoms with Gasteiger partial charge < -0.3 is 30.2 Å². The van der Waals surface area contributed by atoms with Crippen molar-refractivity contribution in [2.45, 2.75) is 37.9 Å². The minimum Gasteiger partial charge on any atom is -0.453 e. The number of alkyl carbamates (subject to hydrolysis) is 1. The average molecular weight is 606 g/mol. The first-order chi connectivity index (χ1) is 21.9. The number of H-pyrrole nitrogens is 2. The summed E-state index contributed by atoms with van der Waals surface area (Å²) in [6.45, 7) is 2.89. The van der Waals surface area contributed by atoms with Gasteiger partial charge in [0.05, 0.1) is 43.0 Å². The van der Waals surface area contributed by atoms with Crippen LogP contribution in [0.25, 0.3) is 33.9 Å². The highest BCUT2D eigenvalue weighted by Crippen LogP contribution is 2.27. The first-order valence-corrected chi connectivity index (χ1v) is 14.8. The highest BCUT2D eigenvalue weighted by molar-refractivity contribution is 5.87. The Hall–Kier alpha value is -5.36. The molecule has 1 fully saturated rings. The van der Waals surface area contributed by atoms with E-state index < -0.39 is 18.2 Å². The second kappa shape index (κ2) is 13.1. The van der Waals surface area contributed by atoms with Gasteiger partial charge in [-0.25, -0.2) is 24.7 Å². The molecule has 1 saturated heterocycles. The van der Waals surface area contributed by atoms with E-state index in [9.17, 15) is 9.59 Å². The molecule has 12 heteroatoms. The van der Waals surface area contributed by atoms with Crippen molar-refractivity contribution in [1.29, 1.82) is 0 Å². The van der Waals surface area contributed by atoms with Crippen molar-refractivity contribution < 1.29 is 14.3 Å². The number of amides is 2. The Morgan fingerprint density at radius 1 is 0.889 bits per heavy atom. The predicted octanol–water partition coefficient (Wildman–Crippen LogP) is 4.97. The molecule has 0 spiro atoms. The van der Waals surface area contributed by atoms with E-state index in [1.807, 2.05) is 55.6 Å². The van der Waals surface area contributed by atoms with E-state index in [0.29, 0.717) is 17.2 Å². The molecule has 1 aliphatic heterocycles. The molecule has 4 heterocycles. The number of hydrogen-bond donors (Lipinski definition) is 4. The number of hydrogen-bond acceptors (Lipinski definition) is 8. The molecule has 5 aromatic rings. The van der Waals surface area contributed by atoms with Crippen molar-refractivity contribution in [3.05, 3.63) is 96.6 Å². The van der Waals surface area contributed by atoms with Crippen LogP contribution in [0.4, 0.5) is 4.79 Å². The fourth-order valence-corrected chi connectivity index (χ4v) is 5.38. The molecule has 2 amide bonds. The van der Waals surface area contributed by atoms with Gasteiger partial charge in [0.25, 0.3) is 0 Å². The first kappa shape index (κ1) is 29.7. The second-order valence-electron chi connectivity index (χ2n) is 11.0. The summed E-state index contributed by atoms with van der Waals surface area (Å²) in [7, 11) is 2.95. The number of ether oxygens (including phenoxy) is 1. The Kier molecular flexibility index (Phi) is 8.65. The predicted molar refractivity (Wildman–Crippen MR) is 169 cm³/mol. The van der Waals surface area contributed by atoms with E-state index >= 15 is 0 Å². The lowest BCUT2D eigenvalue weighted by molar-refractivity contribution is -0.134. The number of aromatic amines is 2. The Balaban J connectivity index is 1.12. The highest BCUT2D eigenvalue weighted by atomic mass is 16.5. The minimum atomic E-state index is -0.907. The third-order valence-electron chi connectivity index (χ3n) is 8.15. The Bertz CT molecular complexity index is 1740. The van der Waals surface area contributed by atoms with E-state index in [4.69, 9.17) is 4.74 Å². The molecule has 3 aromatic heterocycles. The molecule has 0 bridgehead atoms. The standard InChI is InChI=1S/C33H35N9O3/c1-20(42(2)32(43)28(41-33(44)45-3)22-8-5-4-6-9-22)29-37-18-26(39-29)21-11-13-23(14-12-21)30-35-16-24(17-36-30)27-19-38-31(40-27)25-10-7-15-34-25/h4-6,8-9,11-14,16-20,25,28,34H,7,10,15H2,1-3H3,(H,37,39)(H,38,40)(H,41,44)/t20-,25+,28+/m0/s1. The van der Waals surface area contributed by atoms with Gasteiger partial charge in [0.2, 0.25) is 5.91 Å². The Morgan fingerprint density at radius 2 is 1.58 bits per heavy atom. The van der Waals surface area contributed by atoms with Gasteiger partial charge in [-0.15, -0.1) is 0 Å². The van der Waals surface area contributed by atoms with Crippen LogP contribution in [-0.4, -0.2) is 67.5 Å². The molecule has 230 valence electrons. The zero-order chi connectivity index (χ0) is 31.3. The van der Waals surface area contributed by atoms with Crippen molar-refractivity contribution in [2.24, 2.45) is 0 Å². The van der Waals surface area contributed by atoms with Crippen molar-refractivity contribution in [2.75, 3.05) is 20.7 Å². The van der Waals surface area contributed by atoms with Crippen LogP contribution in [-0.2, 0) is 9.53 Å². The summed E-state index contributed by atoms with van der Waals surface area (Å²) in [6.07, 6.45) is 8.73. The summed E-state index contributed by atoms with van der Waals surface area (Å²) in [5, 5.41) is 6.10. The van der Waals surface area contributed by atoms with Gasteiger partial charge in [-0.1, -0.05) is 54.6 Å². The number of carbonyl (C=O) groups is 2. The van der Waals surface area contributed by atoms with Crippen molar-refractivity contribution >= 4 is 12.0 Å². The highest BCUT2D eigenvalue weighted by Gasteiger charge is 2.30. The number of benzene rings is 2. The molecule has 45 heavy (non-hydrogen) atoms.